The maximum absolute atomic E-state index is 3.28. The van der Waals surface area contributed by atoms with Crippen LogP contribution in [0.4, 0.5) is 0 Å². The molecule has 0 aliphatic carbocycles. The summed E-state index contributed by atoms with van der Waals surface area (Å²) < 4.78 is 0. The van der Waals surface area contributed by atoms with E-state index in [9.17, 15) is 0 Å². The Hall–Kier alpha value is -0.740. The van der Waals surface area contributed by atoms with E-state index in [0.29, 0.717) is 0 Å². The summed E-state index contributed by atoms with van der Waals surface area (Å²) in [4.78, 5) is 0. The fourth-order valence-electron chi connectivity index (χ4n) is 1.19. The highest BCUT2D eigenvalue weighted by molar-refractivity contribution is 9.09. The molecule has 14 heavy (non-hydrogen) atoms. The summed E-state index contributed by atoms with van der Waals surface area (Å²) in [5, 5.41) is 0.730. The summed E-state index contributed by atoms with van der Waals surface area (Å²) in [5.41, 5.74) is 2.65. The Bertz CT molecular complexity index is 344. The molecule has 1 rings (SSSR count). The van der Waals surface area contributed by atoms with Crippen molar-refractivity contribution in [1.29, 1.82) is 0 Å². The molecule has 0 spiro atoms. The molecule has 0 radical (unpaired) electrons. The van der Waals surface area contributed by atoms with E-state index in [1.54, 1.807) is 0 Å². The standard InChI is InChI=1S/C13H15Br/c1-13(2,3)12-8-6-11(7-9-12)5-4-10-14/h6-9H,10H2,1-3H3. The molecule has 0 unspecified atom stereocenters. The minimum absolute atomic E-state index is 0.224. The molecule has 0 saturated carbocycles. The summed E-state index contributed by atoms with van der Waals surface area (Å²) in [6.07, 6.45) is 0. The van der Waals surface area contributed by atoms with Crippen molar-refractivity contribution < 1.29 is 0 Å². The Balaban J connectivity index is 2.89. The molecule has 0 atom stereocenters. The first-order chi connectivity index (χ1) is 6.54. The van der Waals surface area contributed by atoms with Gasteiger partial charge in [-0.3, -0.25) is 0 Å². The van der Waals surface area contributed by atoms with Crippen molar-refractivity contribution in [3.05, 3.63) is 35.4 Å². The molecule has 0 nitrogen and oxygen atoms in total. The van der Waals surface area contributed by atoms with Crippen LogP contribution in [0, 0.1) is 11.8 Å². The second kappa shape index (κ2) is 4.66. The number of hydrogen-bond donors (Lipinski definition) is 0. The van der Waals surface area contributed by atoms with Crippen molar-refractivity contribution in [3.63, 3.8) is 0 Å². The van der Waals surface area contributed by atoms with Crippen LogP contribution in [0.3, 0.4) is 0 Å². The number of benzene rings is 1. The molecule has 1 aromatic carbocycles. The largest absolute Gasteiger partial charge is 0.0863 e. The van der Waals surface area contributed by atoms with Crippen LogP contribution in [0.2, 0.25) is 0 Å². The van der Waals surface area contributed by atoms with E-state index in [-0.39, 0.29) is 5.41 Å². The van der Waals surface area contributed by atoms with Gasteiger partial charge in [-0.2, -0.15) is 0 Å². The molecule has 0 aliphatic rings. The third-order valence-corrected chi connectivity index (χ3v) is 2.33. The summed E-state index contributed by atoms with van der Waals surface area (Å²) >= 11 is 3.28. The van der Waals surface area contributed by atoms with E-state index in [1.807, 2.05) is 0 Å². The molecular formula is C13H15Br. The Labute approximate surface area is 94.9 Å². The number of rotatable bonds is 0. The lowest BCUT2D eigenvalue weighted by atomic mass is 9.87. The van der Waals surface area contributed by atoms with Crippen molar-refractivity contribution in [2.24, 2.45) is 0 Å². The van der Waals surface area contributed by atoms with E-state index in [2.05, 4.69) is 72.8 Å². The molecule has 74 valence electrons. The summed E-state index contributed by atoms with van der Waals surface area (Å²) in [5.74, 6) is 6.07. The third kappa shape index (κ3) is 3.20. The molecule has 0 bridgehead atoms. The minimum Gasteiger partial charge on any atom is -0.0863 e. The van der Waals surface area contributed by atoms with Gasteiger partial charge in [0, 0.05) is 5.56 Å². The van der Waals surface area contributed by atoms with Crippen molar-refractivity contribution in [2.45, 2.75) is 26.2 Å². The van der Waals surface area contributed by atoms with Gasteiger partial charge < -0.3 is 0 Å². The average molecular weight is 251 g/mol. The second-order valence-corrected chi connectivity index (χ2v) is 4.82. The SMILES string of the molecule is CC(C)(C)c1ccc(C#CCBr)cc1. The topological polar surface area (TPSA) is 0 Å². The van der Waals surface area contributed by atoms with Crippen LogP contribution in [0.15, 0.2) is 24.3 Å². The molecule has 0 fully saturated rings. The van der Waals surface area contributed by atoms with Gasteiger partial charge in [0.05, 0.1) is 5.33 Å². The van der Waals surface area contributed by atoms with Crippen molar-refractivity contribution >= 4 is 15.9 Å². The Morgan fingerprint density at radius 3 is 2.14 bits per heavy atom. The summed E-state index contributed by atoms with van der Waals surface area (Å²) in [6, 6.07) is 8.46. The first-order valence-corrected chi connectivity index (χ1v) is 5.81. The van der Waals surface area contributed by atoms with E-state index in [4.69, 9.17) is 0 Å². The highest BCUT2D eigenvalue weighted by atomic mass is 79.9. The van der Waals surface area contributed by atoms with Gasteiger partial charge in [-0.1, -0.05) is 60.7 Å². The van der Waals surface area contributed by atoms with Gasteiger partial charge in [-0.05, 0) is 23.1 Å². The molecule has 1 aromatic rings. The zero-order chi connectivity index (χ0) is 10.6. The van der Waals surface area contributed by atoms with Crippen LogP contribution in [0.25, 0.3) is 0 Å². The lowest BCUT2D eigenvalue weighted by Gasteiger charge is -2.18. The molecule has 0 saturated heterocycles. The molecular weight excluding hydrogens is 236 g/mol. The van der Waals surface area contributed by atoms with Crippen LogP contribution >= 0.6 is 15.9 Å². The monoisotopic (exact) mass is 250 g/mol. The predicted octanol–water partition coefficient (Wildman–Crippen LogP) is 3.73. The van der Waals surface area contributed by atoms with Gasteiger partial charge >= 0.3 is 0 Å². The lowest BCUT2D eigenvalue weighted by Crippen LogP contribution is -2.10. The predicted molar refractivity (Wildman–Crippen MR) is 65.8 cm³/mol. The van der Waals surface area contributed by atoms with E-state index in [1.165, 1.54) is 5.56 Å². The van der Waals surface area contributed by atoms with Gasteiger partial charge in [0.1, 0.15) is 0 Å². The Morgan fingerprint density at radius 1 is 1.14 bits per heavy atom. The van der Waals surface area contributed by atoms with Crippen LogP contribution < -0.4 is 0 Å². The summed E-state index contributed by atoms with van der Waals surface area (Å²) in [6.45, 7) is 6.64. The minimum atomic E-state index is 0.224. The third-order valence-electron chi connectivity index (χ3n) is 2.05. The fourth-order valence-corrected chi connectivity index (χ4v) is 1.33. The number of halogens is 1. The molecule has 0 aromatic heterocycles. The Kier molecular flexibility index (Phi) is 3.77. The number of hydrogen-bond acceptors (Lipinski definition) is 0. The quantitative estimate of drug-likeness (QED) is 0.487. The van der Waals surface area contributed by atoms with Gasteiger partial charge in [0.2, 0.25) is 0 Å². The molecule has 0 heterocycles. The maximum atomic E-state index is 3.28. The zero-order valence-corrected chi connectivity index (χ0v) is 10.5. The molecule has 1 heteroatoms. The maximum Gasteiger partial charge on any atom is 0.0649 e. The van der Waals surface area contributed by atoms with Crippen LogP contribution in [-0.4, -0.2) is 5.33 Å². The van der Waals surface area contributed by atoms with Gasteiger partial charge in [-0.25, -0.2) is 0 Å². The molecule has 0 N–H and O–H groups in total. The van der Waals surface area contributed by atoms with Crippen LogP contribution in [-0.2, 0) is 5.41 Å². The molecule has 0 amide bonds. The van der Waals surface area contributed by atoms with Crippen molar-refractivity contribution in [2.75, 3.05) is 5.33 Å². The fraction of sp³-hybridized carbons (Fsp3) is 0.385. The van der Waals surface area contributed by atoms with Gasteiger partial charge in [0.25, 0.3) is 0 Å². The summed E-state index contributed by atoms with van der Waals surface area (Å²) in [7, 11) is 0. The van der Waals surface area contributed by atoms with Crippen LogP contribution in [0.5, 0.6) is 0 Å². The average Bonchev–Trinajstić information content (AvgIpc) is 2.14. The van der Waals surface area contributed by atoms with E-state index >= 15 is 0 Å². The lowest BCUT2D eigenvalue weighted by molar-refractivity contribution is 0.590. The first kappa shape index (κ1) is 11.3. The highest BCUT2D eigenvalue weighted by Crippen LogP contribution is 2.21. The smallest absolute Gasteiger partial charge is 0.0649 e. The van der Waals surface area contributed by atoms with E-state index in [0.717, 1.165) is 10.9 Å². The highest BCUT2D eigenvalue weighted by Gasteiger charge is 2.12. The Morgan fingerprint density at radius 2 is 1.71 bits per heavy atom. The van der Waals surface area contributed by atoms with Crippen molar-refractivity contribution in [1.82, 2.24) is 0 Å². The van der Waals surface area contributed by atoms with Gasteiger partial charge in [0.15, 0.2) is 0 Å². The van der Waals surface area contributed by atoms with Crippen LogP contribution in [0.1, 0.15) is 31.9 Å². The normalized spacial score (nSPS) is 10.6. The molecule has 0 aliphatic heterocycles. The number of alkyl halides is 1. The van der Waals surface area contributed by atoms with Gasteiger partial charge in [-0.15, -0.1) is 0 Å². The second-order valence-electron chi connectivity index (χ2n) is 4.26. The zero-order valence-electron chi connectivity index (χ0n) is 8.89. The first-order valence-electron chi connectivity index (χ1n) is 4.69. The van der Waals surface area contributed by atoms with Crippen molar-refractivity contribution in [3.8, 4) is 11.8 Å². The van der Waals surface area contributed by atoms with E-state index < -0.39 is 0 Å².